The Kier molecular flexibility index (Phi) is 8.37. The van der Waals surface area contributed by atoms with Crippen LogP contribution in [0.3, 0.4) is 0 Å². The Morgan fingerprint density at radius 1 is 1.08 bits per heavy atom. The van der Waals surface area contributed by atoms with Crippen LogP contribution in [0.4, 0.5) is 10.1 Å². The van der Waals surface area contributed by atoms with Crippen molar-refractivity contribution in [3.8, 4) is 0 Å². The lowest BCUT2D eigenvalue weighted by Crippen LogP contribution is -2.48. The predicted octanol–water partition coefficient (Wildman–Crippen LogP) is 2.19. The highest BCUT2D eigenvalue weighted by molar-refractivity contribution is 7.90. The summed E-state index contributed by atoms with van der Waals surface area (Å²) in [7, 11) is -4.04. The maximum atomic E-state index is 14.4. The number of sulfonamides is 1. The Balaban J connectivity index is 1.53. The van der Waals surface area contributed by atoms with E-state index in [0.29, 0.717) is 12.1 Å². The van der Waals surface area contributed by atoms with Gasteiger partial charge in [0.05, 0.1) is 12.6 Å². The number of hydrogen-bond donors (Lipinski definition) is 3. The minimum atomic E-state index is -4.04. The van der Waals surface area contributed by atoms with Crippen LogP contribution in [0.15, 0.2) is 52.9 Å². The Morgan fingerprint density at radius 3 is 2.35 bits per heavy atom. The van der Waals surface area contributed by atoms with Crippen molar-refractivity contribution in [2.24, 2.45) is 4.40 Å². The number of piperazine rings is 1. The summed E-state index contributed by atoms with van der Waals surface area (Å²) in [5, 5.41) is 20.5. The maximum absolute atomic E-state index is 14.4. The number of nitrogens with one attached hydrogen (secondary N) is 1. The number of nitrogens with zero attached hydrogens (tertiary/aromatic N) is 3. The van der Waals surface area contributed by atoms with Crippen molar-refractivity contribution in [1.29, 1.82) is 0 Å². The second-order valence-corrected chi connectivity index (χ2v) is 11.6. The SMILES string of the molecule is CC1(C)OC(N[C@@H](CCO)c2ccccc2F)=NS(=O)(=O)C1c1ccc(N2CCN(CCO)CC2)cc1. The Bertz CT molecular complexity index is 1200. The molecule has 4 rings (SSSR count). The van der Waals surface area contributed by atoms with Crippen molar-refractivity contribution in [3.05, 3.63) is 65.5 Å². The minimum Gasteiger partial charge on any atom is -0.457 e. The van der Waals surface area contributed by atoms with Crippen LogP contribution in [0.25, 0.3) is 0 Å². The number of aliphatic hydroxyl groups is 2. The molecule has 2 aliphatic heterocycles. The molecule has 0 radical (unpaired) electrons. The van der Waals surface area contributed by atoms with Crippen molar-refractivity contribution in [3.63, 3.8) is 0 Å². The molecule has 3 N–H and O–H groups in total. The largest absolute Gasteiger partial charge is 0.457 e. The van der Waals surface area contributed by atoms with E-state index in [0.717, 1.165) is 31.9 Å². The fourth-order valence-corrected chi connectivity index (χ4v) is 6.74. The number of anilines is 1. The zero-order chi connectivity index (χ0) is 26.6. The third-order valence-corrected chi connectivity index (χ3v) is 8.70. The van der Waals surface area contributed by atoms with E-state index >= 15 is 0 Å². The second-order valence-electron chi connectivity index (χ2n) is 9.87. The number of halogens is 1. The smallest absolute Gasteiger partial charge is 0.301 e. The molecule has 202 valence electrons. The van der Waals surface area contributed by atoms with Crippen LogP contribution in [0.1, 0.15) is 42.7 Å². The highest BCUT2D eigenvalue weighted by Gasteiger charge is 2.47. The summed E-state index contributed by atoms with van der Waals surface area (Å²) in [6.07, 6.45) is 0.142. The van der Waals surface area contributed by atoms with Gasteiger partial charge in [-0.1, -0.05) is 30.3 Å². The molecular formula is C26H35FN4O5S. The van der Waals surface area contributed by atoms with Gasteiger partial charge in [0.25, 0.3) is 10.0 Å². The fraction of sp³-hybridized carbons (Fsp3) is 0.500. The van der Waals surface area contributed by atoms with Gasteiger partial charge in [0.1, 0.15) is 16.7 Å². The molecule has 0 amide bonds. The summed E-state index contributed by atoms with van der Waals surface area (Å²) >= 11 is 0. The normalized spacial score (nSPS) is 22.1. The van der Waals surface area contributed by atoms with Crippen molar-refractivity contribution in [2.75, 3.05) is 50.8 Å². The fourth-order valence-electron chi connectivity index (χ4n) is 5.05. The lowest BCUT2D eigenvalue weighted by molar-refractivity contribution is 0.0759. The lowest BCUT2D eigenvalue weighted by Gasteiger charge is -2.38. The standard InChI is InChI=1S/C26H35FN4O5S/c1-26(2)24(19-7-9-20(10-8-19)31-14-12-30(13-15-31)16-18-33)37(34,35)29-25(36-26)28-23(11-17-32)21-5-3-4-6-22(21)27/h3-10,23-24,32-33H,11-18H2,1-2H3,(H,28,29)/t23-,24?/m0/s1. The molecule has 2 aromatic carbocycles. The topological polar surface area (TPSA) is 115 Å². The van der Waals surface area contributed by atoms with E-state index in [4.69, 9.17) is 9.84 Å². The third-order valence-electron chi connectivity index (χ3n) is 6.84. The highest BCUT2D eigenvalue weighted by atomic mass is 32.2. The van der Waals surface area contributed by atoms with Gasteiger partial charge in [-0.15, -0.1) is 4.40 Å². The van der Waals surface area contributed by atoms with E-state index in [2.05, 4.69) is 19.5 Å². The average molecular weight is 535 g/mol. The third kappa shape index (κ3) is 6.23. The molecule has 0 aromatic heterocycles. The van der Waals surface area contributed by atoms with Crippen LogP contribution in [-0.4, -0.2) is 81.1 Å². The summed E-state index contributed by atoms with van der Waals surface area (Å²) in [5.74, 6) is -0.472. The van der Waals surface area contributed by atoms with E-state index < -0.39 is 32.7 Å². The molecule has 1 fully saturated rings. The van der Waals surface area contributed by atoms with Gasteiger partial charge in [-0.3, -0.25) is 4.90 Å². The first-order chi connectivity index (χ1) is 17.6. The molecule has 0 saturated carbocycles. The minimum absolute atomic E-state index is 0.142. The average Bonchev–Trinajstić information content (AvgIpc) is 2.84. The maximum Gasteiger partial charge on any atom is 0.301 e. The van der Waals surface area contributed by atoms with E-state index in [-0.39, 0.29) is 31.2 Å². The monoisotopic (exact) mass is 534 g/mol. The molecule has 2 heterocycles. The second kappa shape index (κ2) is 11.3. The highest BCUT2D eigenvalue weighted by Crippen LogP contribution is 2.41. The molecule has 1 unspecified atom stereocenters. The van der Waals surface area contributed by atoms with Crippen molar-refractivity contribution in [2.45, 2.75) is 37.2 Å². The van der Waals surface area contributed by atoms with E-state index in [1.165, 1.54) is 6.07 Å². The van der Waals surface area contributed by atoms with Gasteiger partial charge in [0.2, 0.25) is 0 Å². The van der Waals surface area contributed by atoms with E-state index in [1.54, 1.807) is 44.2 Å². The summed E-state index contributed by atoms with van der Waals surface area (Å²) in [6, 6.07) is 12.6. The summed E-state index contributed by atoms with van der Waals surface area (Å²) < 4.78 is 51.0. The number of amidine groups is 1. The Hall–Kier alpha value is -2.73. The van der Waals surface area contributed by atoms with E-state index in [9.17, 15) is 17.9 Å². The molecule has 1 saturated heterocycles. The van der Waals surface area contributed by atoms with Gasteiger partial charge in [-0.05, 0) is 44.0 Å². The first kappa shape index (κ1) is 27.3. The van der Waals surface area contributed by atoms with Gasteiger partial charge in [-0.25, -0.2) is 12.8 Å². The van der Waals surface area contributed by atoms with Crippen LogP contribution >= 0.6 is 0 Å². The molecule has 2 atom stereocenters. The molecule has 11 heteroatoms. The molecule has 9 nitrogen and oxygen atoms in total. The molecule has 37 heavy (non-hydrogen) atoms. The van der Waals surface area contributed by atoms with Gasteiger partial charge < -0.3 is 25.2 Å². The predicted molar refractivity (Wildman–Crippen MR) is 140 cm³/mol. The van der Waals surface area contributed by atoms with Crippen LogP contribution in [0.2, 0.25) is 0 Å². The zero-order valence-electron chi connectivity index (χ0n) is 21.2. The molecule has 0 aliphatic carbocycles. The number of rotatable bonds is 8. The number of aliphatic hydroxyl groups excluding tert-OH is 2. The first-order valence-corrected chi connectivity index (χ1v) is 14.0. The Morgan fingerprint density at radius 2 is 1.76 bits per heavy atom. The molecular weight excluding hydrogens is 499 g/mol. The van der Waals surface area contributed by atoms with Crippen LogP contribution in [-0.2, 0) is 14.8 Å². The molecule has 0 spiro atoms. The number of ether oxygens (including phenoxy) is 1. The first-order valence-electron chi connectivity index (χ1n) is 12.5. The van der Waals surface area contributed by atoms with Crippen molar-refractivity contribution in [1.82, 2.24) is 10.2 Å². The van der Waals surface area contributed by atoms with Gasteiger partial charge in [0, 0.05) is 50.6 Å². The van der Waals surface area contributed by atoms with Crippen LogP contribution in [0.5, 0.6) is 0 Å². The summed E-state index contributed by atoms with van der Waals surface area (Å²) in [4.78, 5) is 4.44. The summed E-state index contributed by atoms with van der Waals surface area (Å²) in [6.45, 7) is 7.31. The number of β-amino-alcohol motifs (C(OH)–C–C–N with tert-alkyl or cyclic N) is 1. The number of benzene rings is 2. The van der Waals surface area contributed by atoms with Crippen LogP contribution < -0.4 is 10.2 Å². The van der Waals surface area contributed by atoms with Crippen molar-refractivity contribution < 1.29 is 27.8 Å². The van der Waals surface area contributed by atoms with E-state index in [1.807, 2.05) is 12.1 Å². The van der Waals surface area contributed by atoms with Crippen molar-refractivity contribution >= 4 is 21.7 Å². The quantitative estimate of drug-likeness (QED) is 0.472. The van der Waals surface area contributed by atoms with Gasteiger partial charge in [-0.2, -0.15) is 0 Å². The summed E-state index contributed by atoms with van der Waals surface area (Å²) in [5.41, 5.74) is 0.686. The number of hydrogen-bond acceptors (Lipinski definition) is 8. The lowest BCUT2D eigenvalue weighted by atomic mass is 9.97. The Labute approximate surface area is 217 Å². The van der Waals surface area contributed by atoms with Crippen LogP contribution in [0, 0.1) is 5.82 Å². The molecule has 2 aromatic rings. The molecule has 2 aliphatic rings. The molecule has 0 bridgehead atoms. The van der Waals surface area contributed by atoms with Gasteiger partial charge in [0.15, 0.2) is 0 Å². The van der Waals surface area contributed by atoms with Gasteiger partial charge >= 0.3 is 6.02 Å². The zero-order valence-corrected chi connectivity index (χ0v) is 22.0.